The predicted molar refractivity (Wildman–Crippen MR) is 107 cm³/mol. The number of aliphatic hydroxyl groups excluding tert-OH is 1. The molecule has 0 aromatic heterocycles. The van der Waals surface area contributed by atoms with Crippen molar-refractivity contribution < 1.29 is 10.0 Å². The van der Waals surface area contributed by atoms with E-state index < -0.39 is 4.92 Å². The fourth-order valence-corrected chi connectivity index (χ4v) is 3.40. The molecule has 0 amide bonds. The monoisotopic (exact) mass is 374 g/mol. The number of fused-ring (bicyclic) bond motifs is 2. The van der Waals surface area contributed by atoms with Gasteiger partial charge in [-0.05, 0) is 47.5 Å². The summed E-state index contributed by atoms with van der Waals surface area (Å²) in [4.78, 5) is 12.4. The number of para-hydroxylation sites is 1. The minimum atomic E-state index is -0.444. The molecule has 0 spiro atoms. The van der Waals surface area contributed by atoms with E-state index in [2.05, 4.69) is 27.3 Å². The smallest absolute Gasteiger partial charge is 0.269 e. The average Bonchev–Trinajstić information content (AvgIpc) is 2.72. The number of rotatable bonds is 5. The van der Waals surface area contributed by atoms with Crippen LogP contribution < -0.4 is 4.90 Å². The Balaban J connectivity index is 1.61. The van der Waals surface area contributed by atoms with Crippen molar-refractivity contribution in [2.75, 3.05) is 18.1 Å². The third-order valence-corrected chi connectivity index (χ3v) is 4.68. The van der Waals surface area contributed by atoms with Gasteiger partial charge in [-0.2, -0.15) is 10.2 Å². The minimum absolute atomic E-state index is 0.0235. The van der Waals surface area contributed by atoms with Gasteiger partial charge in [-0.3, -0.25) is 10.1 Å². The summed E-state index contributed by atoms with van der Waals surface area (Å²) in [6, 6.07) is 20.0. The number of azo groups is 1. The zero-order valence-corrected chi connectivity index (χ0v) is 15.0. The number of nitrogens with zero attached hydrogens (tertiary/aromatic N) is 4. The van der Waals surface area contributed by atoms with E-state index in [0.717, 1.165) is 23.4 Å². The number of β-amino-alcohol motifs (C(OH)–C–C–N with tert-alkyl or cyclic N) is 1. The van der Waals surface area contributed by atoms with Crippen LogP contribution in [0.2, 0.25) is 0 Å². The van der Waals surface area contributed by atoms with Gasteiger partial charge in [-0.1, -0.05) is 18.2 Å². The number of anilines is 2. The molecule has 0 unspecified atom stereocenters. The Morgan fingerprint density at radius 3 is 2.36 bits per heavy atom. The van der Waals surface area contributed by atoms with Crippen LogP contribution in [0.3, 0.4) is 0 Å². The first-order valence-electron chi connectivity index (χ1n) is 8.91. The van der Waals surface area contributed by atoms with Crippen LogP contribution in [0.5, 0.6) is 0 Å². The number of hydrogen-bond acceptors (Lipinski definition) is 6. The molecular weight excluding hydrogens is 356 g/mol. The molecule has 1 N–H and O–H groups in total. The summed E-state index contributed by atoms with van der Waals surface area (Å²) < 4.78 is 0. The lowest BCUT2D eigenvalue weighted by molar-refractivity contribution is -0.384. The summed E-state index contributed by atoms with van der Waals surface area (Å²) in [7, 11) is 0. The van der Waals surface area contributed by atoms with Gasteiger partial charge < -0.3 is 10.0 Å². The molecule has 0 saturated heterocycles. The molecule has 1 aliphatic rings. The molecule has 1 heterocycles. The molecule has 0 bridgehead atoms. The molecule has 0 aliphatic carbocycles. The van der Waals surface area contributed by atoms with Gasteiger partial charge in [0.25, 0.3) is 5.69 Å². The first kappa shape index (κ1) is 17.8. The second-order valence-electron chi connectivity index (χ2n) is 6.47. The quantitative estimate of drug-likeness (QED) is 0.384. The van der Waals surface area contributed by atoms with Crippen molar-refractivity contribution in [3.63, 3.8) is 0 Å². The van der Waals surface area contributed by atoms with E-state index >= 15 is 0 Å². The van der Waals surface area contributed by atoms with Gasteiger partial charge in [-0.15, -0.1) is 0 Å². The lowest BCUT2D eigenvalue weighted by Gasteiger charge is -2.33. The maximum absolute atomic E-state index is 10.7. The highest BCUT2D eigenvalue weighted by Gasteiger charge is 2.22. The Morgan fingerprint density at radius 1 is 0.929 bits per heavy atom. The van der Waals surface area contributed by atoms with Gasteiger partial charge in [0.05, 0.1) is 22.9 Å². The fraction of sp³-hybridized carbons (Fsp3) is 0.143. The topological polar surface area (TPSA) is 91.3 Å². The van der Waals surface area contributed by atoms with E-state index in [0.29, 0.717) is 17.9 Å². The lowest BCUT2D eigenvalue weighted by Crippen LogP contribution is -2.26. The molecule has 3 aromatic rings. The molecular formula is C21H18N4O3. The van der Waals surface area contributed by atoms with Crippen molar-refractivity contribution in [2.45, 2.75) is 6.42 Å². The summed E-state index contributed by atoms with van der Waals surface area (Å²) in [5, 5.41) is 28.6. The van der Waals surface area contributed by atoms with E-state index in [9.17, 15) is 15.2 Å². The number of non-ortho nitro benzene ring substituents is 1. The summed E-state index contributed by atoms with van der Waals surface area (Å²) in [6.07, 6.45) is 0.786. The van der Waals surface area contributed by atoms with Crippen LogP contribution in [0, 0.1) is 10.1 Å². The van der Waals surface area contributed by atoms with Crippen molar-refractivity contribution in [1.29, 1.82) is 0 Å². The zero-order chi connectivity index (χ0) is 19.5. The largest absolute Gasteiger partial charge is 0.395 e. The maximum Gasteiger partial charge on any atom is 0.269 e. The average molecular weight is 374 g/mol. The Labute approximate surface area is 161 Å². The number of benzene rings is 3. The summed E-state index contributed by atoms with van der Waals surface area (Å²) in [6.45, 7) is 0.586. The molecule has 0 radical (unpaired) electrons. The highest BCUT2D eigenvalue weighted by atomic mass is 16.6. The fourth-order valence-electron chi connectivity index (χ4n) is 3.40. The lowest BCUT2D eigenvalue weighted by atomic mass is 9.95. The Hall–Kier alpha value is -3.58. The van der Waals surface area contributed by atoms with E-state index in [1.165, 1.54) is 17.7 Å². The van der Waals surface area contributed by atoms with Gasteiger partial charge in [-0.25, -0.2) is 0 Å². The van der Waals surface area contributed by atoms with Gasteiger partial charge >= 0.3 is 0 Å². The second kappa shape index (κ2) is 7.58. The third kappa shape index (κ3) is 3.47. The molecule has 1 aliphatic heterocycles. The van der Waals surface area contributed by atoms with E-state index in [1.807, 2.05) is 30.3 Å². The summed E-state index contributed by atoms with van der Waals surface area (Å²) >= 11 is 0. The third-order valence-electron chi connectivity index (χ3n) is 4.68. The second-order valence-corrected chi connectivity index (χ2v) is 6.47. The number of hydrogen-bond donors (Lipinski definition) is 1. The number of nitro groups is 1. The molecule has 28 heavy (non-hydrogen) atoms. The molecule has 3 aromatic carbocycles. The molecule has 140 valence electrons. The Bertz CT molecular complexity index is 1050. The summed E-state index contributed by atoms with van der Waals surface area (Å²) in [5.41, 5.74) is 5.78. The molecule has 0 atom stereocenters. The highest BCUT2D eigenvalue weighted by Crippen LogP contribution is 2.39. The van der Waals surface area contributed by atoms with Crippen LogP contribution in [-0.4, -0.2) is 23.2 Å². The first-order valence-corrected chi connectivity index (χ1v) is 8.91. The van der Waals surface area contributed by atoms with Gasteiger partial charge in [0.2, 0.25) is 0 Å². The van der Waals surface area contributed by atoms with Gasteiger partial charge in [0.15, 0.2) is 0 Å². The molecule has 7 nitrogen and oxygen atoms in total. The zero-order valence-electron chi connectivity index (χ0n) is 15.0. The van der Waals surface area contributed by atoms with E-state index in [-0.39, 0.29) is 12.3 Å². The van der Waals surface area contributed by atoms with Crippen molar-refractivity contribution in [3.05, 3.63) is 88.0 Å². The molecule has 7 heteroatoms. The minimum Gasteiger partial charge on any atom is -0.395 e. The highest BCUT2D eigenvalue weighted by molar-refractivity contribution is 5.75. The van der Waals surface area contributed by atoms with Crippen LogP contribution in [0.4, 0.5) is 28.4 Å². The van der Waals surface area contributed by atoms with E-state index in [4.69, 9.17) is 0 Å². The van der Waals surface area contributed by atoms with Crippen molar-refractivity contribution in [3.8, 4) is 0 Å². The van der Waals surface area contributed by atoms with Crippen LogP contribution in [0.15, 0.2) is 77.0 Å². The van der Waals surface area contributed by atoms with Gasteiger partial charge in [0, 0.05) is 36.5 Å². The normalized spacial score (nSPS) is 12.7. The van der Waals surface area contributed by atoms with Crippen LogP contribution in [-0.2, 0) is 6.42 Å². The van der Waals surface area contributed by atoms with Crippen LogP contribution in [0.25, 0.3) is 0 Å². The summed E-state index contributed by atoms with van der Waals surface area (Å²) in [5.74, 6) is 0. The Kier molecular flexibility index (Phi) is 4.82. The van der Waals surface area contributed by atoms with Gasteiger partial charge in [0.1, 0.15) is 0 Å². The Morgan fingerprint density at radius 2 is 1.61 bits per heavy atom. The molecule has 0 saturated carbocycles. The van der Waals surface area contributed by atoms with Crippen LogP contribution in [0.1, 0.15) is 11.1 Å². The van der Waals surface area contributed by atoms with Crippen molar-refractivity contribution in [2.24, 2.45) is 10.2 Å². The predicted octanol–water partition coefficient (Wildman–Crippen LogP) is 5.04. The van der Waals surface area contributed by atoms with Crippen molar-refractivity contribution >= 4 is 28.4 Å². The van der Waals surface area contributed by atoms with E-state index in [1.54, 1.807) is 12.1 Å². The SMILES string of the molecule is O=[N+]([O-])c1ccc(N=Nc2ccc3c(c2)Cc2ccccc2N3CCO)cc1. The maximum atomic E-state index is 10.7. The number of aliphatic hydroxyl groups is 1. The number of nitro benzene ring substituents is 1. The van der Waals surface area contributed by atoms with Crippen molar-refractivity contribution in [1.82, 2.24) is 0 Å². The molecule has 0 fully saturated rings. The molecule has 4 rings (SSSR count). The first-order chi connectivity index (χ1) is 13.7. The standard InChI is InChI=1S/C21H18N4O3/c26-12-11-24-20-4-2-1-3-15(20)13-16-14-18(7-10-21(16)24)23-22-17-5-8-19(9-6-17)25(27)28/h1-10,14,26H,11-13H2. The van der Waals surface area contributed by atoms with Crippen LogP contribution >= 0.6 is 0 Å².